The van der Waals surface area contributed by atoms with Gasteiger partial charge in [0, 0.05) is 32.1 Å². The first-order valence-electron chi connectivity index (χ1n) is 11.6. The van der Waals surface area contributed by atoms with Crippen LogP contribution in [0.4, 0.5) is 0 Å². The molecule has 6 heteroatoms. The standard InChI is InChI=1S/C25H38N2O4/c1-18(2)14-27(15-19(3)4)16-25-24(28)11-10-22(30-25)12-20-13-23(31-26-20)17-29-21-8-6-5-7-9-21/h5-9,13,18-19,22,24-25,28H,10-12,14-17H2,1-4H3/t22-,24-,25+/m0/s1. The molecule has 2 heterocycles. The summed E-state index contributed by atoms with van der Waals surface area (Å²) in [6.07, 6.45) is 1.74. The highest BCUT2D eigenvalue weighted by molar-refractivity contribution is 5.21. The first-order valence-corrected chi connectivity index (χ1v) is 11.6. The third-order valence-corrected chi connectivity index (χ3v) is 5.43. The van der Waals surface area contributed by atoms with E-state index in [4.69, 9.17) is 14.0 Å². The van der Waals surface area contributed by atoms with Crippen molar-refractivity contribution in [2.45, 2.75) is 71.9 Å². The Morgan fingerprint density at radius 3 is 2.48 bits per heavy atom. The predicted octanol–water partition coefficient (Wildman–Crippen LogP) is 4.32. The van der Waals surface area contributed by atoms with Crippen LogP contribution >= 0.6 is 0 Å². The molecule has 0 radical (unpaired) electrons. The second-order valence-corrected chi connectivity index (χ2v) is 9.54. The van der Waals surface area contributed by atoms with E-state index in [1.807, 2.05) is 36.4 Å². The molecule has 2 aromatic rings. The Kier molecular flexibility index (Phi) is 8.93. The highest BCUT2D eigenvalue weighted by atomic mass is 16.5. The lowest BCUT2D eigenvalue weighted by Gasteiger charge is -2.37. The lowest BCUT2D eigenvalue weighted by atomic mass is 9.97. The molecular weight excluding hydrogens is 392 g/mol. The molecule has 1 N–H and O–H groups in total. The van der Waals surface area contributed by atoms with E-state index in [1.165, 1.54) is 0 Å². The van der Waals surface area contributed by atoms with Crippen LogP contribution in [-0.2, 0) is 17.8 Å². The summed E-state index contributed by atoms with van der Waals surface area (Å²) in [5.74, 6) is 2.68. The summed E-state index contributed by atoms with van der Waals surface area (Å²) in [7, 11) is 0. The number of ether oxygens (including phenoxy) is 2. The van der Waals surface area contributed by atoms with Gasteiger partial charge in [0.25, 0.3) is 0 Å². The van der Waals surface area contributed by atoms with Crippen LogP contribution < -0.4 is 4.74 Å². The highest BCUT2D eigenvalue weighted by Gasteiger charge is 2.32. The topological polar surface area (TPSA) is 68.0 Å². The fourth-order valence-corrected chi connectivity index (χ4v) is 4.20. The minimum absolute atomic E-state index is 0.0429. The zero-order valence-electron chi connectivity index (χ0n) is 19.4. The normalized spacial score (nSPS) is 21.9. The minimum atomic E-state index is -0.412. The monoisotopic (exact) mass is 430 g/mol. The van der Waals surface area contributed by atoms with Crippen molar-refractivity contribution < 1.29 is 19.1 Å². The third kappa shape index (κ3) is 7.95. The van der Waals surface area contributed by atoms with Gasteiger partial charge in [0.2, 0.25) is 0 Å². The van der Waals surface area contributed by atoms with Crippen LogP contribution in [0.25, 0.3) is 0 Å². The molecule has 1 fully saturated rings. The minimum Gasteiger partial charge on any atom is -0.486 e. The van der Waals surface area contributed by atoms with Gasteiger partial charge >= 0.3 is 0 Å². The molecule has 3 atom stereocenters. The van der Waals surface area contributed by atoms with Crippen molar-refractivity contribution in [2.24, 2.45) is 11.8 Å². The average Bonchev–Trinajstić information content (AvgIpc) is 3.16. The van der Waals surface area contributed by atoms with Crippen molar-refractivity contribution in [1.82, 2.24) is 10.1 Å². The molecular formula is C25H38N2O4. The Balaban J connectivity index is 1.52. The van der Waals surface area contributed by atoms with Crippen LogP contribution in [-0.4, -0.2) is 53.1 Å². The first kappa shape index (κ1) is 23.8. The van der Waals surface area contributed by atoms with Crippen LogP contribution in [0.5, 0.6) is 5.75 Å². The number of benzene rings is 1. The predicted molar refractivity (Wildman–Crippen MR) is 121 cm³/mol. The summed E-state index contributed by atoms with van der Waals surface area (Å²) in [4.78, 5) is 2.43. The number of aliphatic hydroxyl groups is 1. The zero-order valence-corrected chi connectivity index (χ0v) is 19.4. The fraction of sp³-hybridized carbons (Fsp3) is 0.640. The SMILES string of the molecule is CC(C)CN(CC(C)C)C[C@H]1O[C@H](Cc2cc(COc3ccccc3)on2)CC[C@@H]1O. The van der Waals surface area contributed by atoms with Crippen molar-refractivity contribution in [3.05, 3.63) is 47.9 Å². The Bertz CT molecular complexity index is 752. The molecule has 6 nitrogen and oxygen atoms in total. The number of hydrogen-bond acceptors (Lipinski definition) is 6. The van der Waals surface area contributed by atoms with Gasteiger partial charge in [0.1, 0.15) is 12.4 Å². The van der Waals surface area contributed by atoms with Crippen molar-refractivity contribution >= 4 is 0 Å². The van der Waals surface area contributed by atoms with Crippen LogP contribution in [0.2, 0.25) is 0 Å². The lowest BCUT2D eigenvalue weighted by Crippen LogP contribution is -2.48. The van der Waals surface area contributed by atoms with E-state index in [0.29, 0.717) is 30.6 Å². The van der Waals surface area contributed by atoms with Crippen LogP contribution in [0, 0.1) is 11.8 Å². The van der Waals surface area contributed by atoms with E-state index < -0.39 is 6.10 Å². The largest absolute Gasteiger partial charge is 0.486 e. The lowest BCUT2D eigenvalue weighted by molar-refractivity contribution is -0.127. The maximum absolute atomic E-state index is 10.5. The van der Waals surface area contributed by atoms with Gasteiger partial charge in [0.15, 0.2) is 5.76 Å². The molecule has 172 valence electrons. The number of hydrogen-bond donors (Lipinski definition) is 1. The van der Waals surface area contributed by atoms with Gasteiger partial charge < -0.3 is 24.0 Å². The van der Waals surface area contributed by atoms with Crippen molar-refractivity contribution in [3.8, 4) is 5.75 Å². The summed E-state index contributed by atoms with van der Waals surface area (Å²) < 4.78 is 17.5. The average molecular weight is 431 g/mol. The second kappa shape index (κ2) is 11.7. The number of aromatic nitrogens is 1. The van der Waals surface area contributed by atoms with Gasteiger partial charge in [0.05, 0.1) is 24.0 Å². The molecule has 0 aliphatic carbocycles. The maximum Gasteiger partial charge on any atom is 0.174 e. The summed E-state index contributed by atoms with van der Waals surface area (Å²) in [5, 5.41) is 14.7. The molecule has 1 aliphatic heterocycles. The van der Waals surface area contributed by atoms with E-state index in [-0.39, 0.29) is 12.2 Å². The quantitative estimate of drug-likeness (QED) is 0.573. The second-order valence-electron chi connectivity index (χ2n) is 9.54. The molecule has 1 aromatic heterocycles. The van der Waals surface area contributed by atoms with E-state index in [2.05, 4.69) is 37.8 Å². The van der Waals surface area contributed by atoms with Gasteiger partial charge in [-0.05, 0) is 36.8 Å². The summed E-state index contributed by atoms with van der Waals surface area (Å²) >= 11 is 0. The van der Waals surface area contributed by atoms with E-state index >= 15 is 0 Å². The Morgan fingerprint density at radius 1 is 1.10 bits per heavy atom. The molecule has 1 aliphatic rings. The molecule has 3 rings (SSSR count). The zero-order chi connectivity index (χ0) is 22.2. The highest BCUT2D eigenvalue weighted by Crippen LogP contribution is 2.24. The van der Waals surface area contributed by atoms with Gasteiger partial charge in [-0.2, -0.15) is 0 Å². The van der Waals surface area contributed by atoms with Crippen molar-refractivity contribution in [3.63, 3.8) is 0 Å². The Hall–Kier alpha value is -1.89. The van der Waals surface area contributed by atoms with E-state index in [9.17, 15) is 5.11 Å². The summed E-state index contributed by atoms with van der Waals surface area (Å²) in [5.41, 5.74) is 0.869. The van der Waals surface area contributed by atoms with Gasteiger partial charge in [-0.25, -0.2) is 0 Å². The van der Waals surface area contributed by atoms with Gasteiger partial charge in [-0.1, -0.05) is 51.1 Å². The van der Waals surface area contributed by atoms with E-state index in [1.54, 1.807) is 0 Å². The number of nitrogens with zero attached hydrogens (tertiary/aromatic N) is 2. The molecule has 1 aromatic carbocycles. The molecule has 31 heavy (non-hydrogen) atoms. The van der Waals surface area contributed by atoms with Crippen LogP contribution in [0.1, 0.15) is 52.0 Å². The number of aliphatic hydroxyl groups excluding tert-OH is 1. The van der Waals surface area contributed by atoms with Gasteiger partial charge in [-0.3, -0.25) is 0 Å². The van der Waals surface area contributed by atoms with Crippen LogP contribution in [0.15, 0.2) is 40.9 Å². The fourth-order valence-electron chi connectivity index (χ4n) is 4.20. The van der Waals surface area contributed by atoms with E-state index in [0.717, 1.165) is 43.9 Å². The van der Waals surface area contributed by atoms with Gasteiger partial charge in [-0.15, -0.1) is 0 Å². The summed E-state index contributed by atoms with van der Waals surface area (Å²) in [6.45, 7) is 12.1. The summed E-state index contributed by atoms with van der Waals surface area (Å²) in [6, 6.07) is 11.6. The molecule has 1 saturated heterocycles. The molecule has 0 spiro atoms. The Morgan fingerprint density at radius 2 is 1.81 bits per heavy atom. The van der Waals surface area contributed by atoms with Crippen LogP contribution in [0.3, 0.4) is 0 Å². The Labute approximate surface area is 186 Å². The molecule has 0 unspecified atom stereocenters. The van der Waals surface area contributed by atoms with Crippen molar-refractivity contribution in [1.29, 1.82) is 0 Å². The third-order valence-electron chi connectivity index (χ3n) is 5.43. The molecule has 0 amide bonds. The van der Waals surface area contributed by atoms with Crippen molar-refractivity contribution in [2.75, 3.05) is 19.6 Å². The molecule has 0 saturated carbocycles. The maximum atomic E-state index is 10.5. The number of para-hydroxylation sites is 1. The smallest absolute Gasteiger partial charge is 0.174 e. The first-order chi connectivity index (χ1) is 14.9. The molecule has 0 bridgehead atoms. The number of rotatable bonds is 11.